The van der Waals surface area contributed by atoms with Gasteiger partial charge in [0.25, 0.3) is 0 Å². The molecule has 0 bridgehead atoms. The van der Waals surface area contributed by atoms with Gasteiger partial charge in [0, 0.05) is 58.4 Å². The van der Waals surface area contributed by atoms with Gasteiger partial charge in [-0.3, -0.25) is 14.7 Å². The molecule has 1 amide bonds. The average molecular weight is 359 g/mol. The van der Waals surface area contributed by atoms with Gasteiger partial charge in [-0.15, -0.1) is 0 Å². The minimum atomic E-state index is 0.223. The Balaban J connectivity index is 1.41. The molecule has 0 saturated carbocycles. The van der Waals surface area contributed by atoms with E-state index >= 15 is 0 Å². The first-order valence-corrected chi connectivity index (χ1v) is 9.40. The van der Waals surface area contributed by atoms with E-state index in [1.165, 1.54) is 0 Å². The number of rotatable bonds is 6. The Labute approximate surface area is 155 Å². The minimum Gasteiger partial charge on any atom is -0.379 e. The maximum Gasteiger partial charge on any atom is 0.227 e. The number of morpholine rings is 1. The van der Waals surface area contributed by atoms with E-state index in [-0.39, 0.29) is 5.91 Å². The molecule has 2 aliphatic rings. The number of carbonyl (C=O) groups is 1. The summed E-state index contributed by atoms with van der Waals surface area (Å²) in [6.07, 6.45) is 1.62. The lowest BCUT2D eigenvalue weighted by Gasteiger charge is -2.26. The highest BCUT2D eigenvalue weighted by molar-refractivity contribution is 5.95. The van der Waals surface area contributed by atoms with Crippen LogP contribution in [0.5, 0.6) is 0 Å². The van der Waals surface area contributed by atoms with Gasteiger partial charge in [0.05, 0.1) is 13.2 Å². The van der Waals surface area contributed by atoms with Crippen molar-refractivity contribution >= 4 is 17.6 Å². The molecular formula is C19H29N5O2. The first-order chi connectivity index (χ1) is 12.8. The molecule has 2 fully saturated rings. The zero-order valence-electron chi connectivity index (χ0n) is 15.5. The van der Waals surface area contributed by atoms with Crippen molar-refractivity contribution in [2.24, 2.45) is 4.99 Å². The molecule has 0 aromatic heterocycles. The maximum atomic E-state index is 11.8. The summed E-state index contributed by atoms with van der Waals surface area (Å²) in [6.45, 7) is 7.02. The number of nitrogens with zero attached hydrogens (tertiary/aromatic N) is 3. The summed E-state index contributed by atoms with van der Waals surface area (Å²) < 4.78 is 5.36. The molecule has 2 heterocycles. The van der Waals surface area contributed by atoms with Gasteiger partial charge in [-0.05, 0) is 24.1 Å². The Morgan fingerprint density at radius 2 is 1.92 bits per heavy atom. The number of carbonyl (C=O) groups excluding carboxylic acids is 1. The Kier molecular flexibility index (Phi) is 6.85. The van der Waals surface area contributed by atoms with E-state index in [1.54, 1.807) is 7.05 Å². The fourth-order valence-corrected chi connectivity index (χ4v) is 3.28. The molecule has 2 saturated heterocycles. The molecule has 0 atom stereocenters. The van der Waals surface area contributed by atoms with E-state index in [0.29, 0.717) is 13.0 Å². The quantitative estimate of drug-likeness (QED) is 0.581. The third kappa shape index (κ3) is 5.19. The van der Waals surface area contributed by atoms with Crippen LogP contribution < -0.4 is 15.5 Å². The molecular weight excluding hydrogens is 330 g/mol. The molecule has 26 heavy (non-hydrogen) atoms. The summed E-state index contributed by atoms with van der Waals surface area (Å²) >= 11 is 0. The van der Waals surface area contributed by atoms with Crippen LogP contribution in [0.4, 0.5) is 5.69 Å². The van der Waals surface area contributed by atoms with Crippen molar-refractivity contribution in [2.75, 3.05) is 57.9 Å². The summed E-state index contributed by atoms with van der Waals surface area (Å²) in [6, 6.07) is 8.17. The lowest BCUT2D eigenvalue weighted by molar-refractivity contribution is -0.117. The topological polar surface area (TPSA) is 69.2 Å². The third-order valence-electron chi connectivity index (χ3n) is 4.83. The number of amides is 1. The standard InChI is InChI=1S/C19H29N5O2/c1-20-19(21-8-10-23-11-13-26-14-12-23)22-15-16-4-6-17(7-5-16)24-9-2-3-18(24)25/h4-7H,2-3,8-15H2,1H3,(H2,20,21,22). The Hall–Kier alpha value is -2.12. The molecule has 7 nitrogen and oxygen atoms in total. The van der Waals surface area contributed by atoms with Crippen LogP contribution in [0, 0.1) is 0 Å². The van der Waals surface area contributed by atoms with Crippen LogP contribution in [0.15, 0.2) is 29.3 Å². The van der Waals surface area contributed by atoms with Crippen LogP contribution >= 0.6 is 0 Å². The van der Waals surface area contributed by atoms with Crippen molar-refractivity contribution in [1.29, 1.82) is 0 Å². The SMILES string of the molecule is CN=C(NCCN1CCOCC1)NCc1ccc(N2CCCC2=O)cc1. The molecule has 0 spiro atoms. The summed E-state index contributed by atoms with van der Waals surface area (Å²) in [5, 5.41) is 6.69. The van der Waals surface area contributed by atoms with Gasteiger partial charge < -0.3 is 20.3 Å². The molecule has 142 valence electrons. The molecule has 2 N–H and O–H groups in total. The summed E-state index contributed by atoms with van der Waals surface area (Å²) in [5.74, 6) is 1.03. The van der Waals surface area contributed by atoms with E-state index in [0.717, 1.165) is 69.6 Å². The van der Waals surface area contributed by atoms with Crippen molar-refractivity contribution in [3.63, 3.8) is 0 Å². The first kappa shape index (κ1) is 18.7. The van der Waals surface area contributed by atoms with Gasteiger partial charge in [-0.1, -0.05) is 12.1 Å². The van der Waals surface area contributed by atoms with Crippen molar-refractivity contribution in [2.45, 2.75) is 19.4 Å². The molecule has 0 aliphatic carbocycles. The van der Waals surface area contributed by atoms with Gasteiger partial charge >= 0.3 is 0 Å². The summed E-state index contributed by atoms with van der Waals surface area (Å²) in [5.41, 5.74) is 2.15. The van der Waals surface area contributed by atoms with Crippen LogP contribution in [-0.2, 0) is 16.1 Å². The fraction of sp³-hybridized carbons (Fsp3) is 0.579. The normalized spacial score (nSPS) is 19.0. The minimum absolute atomic E-state index is 0.223. The zero-order chi connectivity index (χ0) is 18.2. The second-order valence-corrected chi connectivity index (χ2v) is 6.62. The smallest absolute Gasteiger partial charge is 0.227 e. The molecule has 3 rings (SSSR count). The number of benzene rings is 1. The number of anilines is 1. The average Bonchev–Trinajstić information content (AvgIpc) is 3.12. The van der Waals surface area contributed by atoms with Crippen molar-refractivity contribution in [3.05, 3.63) is 29.8 Å². The van der Waals surface area contributed by atoms with Crippen molar-refractivity contribution in [3.8, 4) is 0 Å². The fourth-order valence-electron chi connectivity index (χ4n) is 3.28. The van der Waals surface area contributed by atoms with E-state index in [1.807, 2.05) is 17.0 Å². The molecule has 0 unspecified atom stereocenters. The molecule has 2 aliphatic heterocycles. The lowest BCUT2D eigenvalue weighted by atomic mass is 10.2. The van der Waals surface area contributed by atoms with E-state index in [9.17, 15) is 4.79 Å². The predicted molar refractivity (Wildman–Crippen MR) is 103 cm³/mol. The Bertz CT molecular complexity index is 611. The maximum absolute atomic E-state index is 11.8. The molecule has 7 heteroatoms. The Morgan fingerprint density at radius 3 is 2.58 bits per heavy atom. The number of ether oxygens (including phenoxy) is 1. The van der Waals surface area contributed by atoms with Gasteiger partial charge in [0.2, 0.25) is 5.91 Å². The largest absolute Gasteiger partial charge is 0.379 e. The van der Waals surface area contributed by atoms with Gasteiger partial charge in [-0.25, -0.2) is 0 Å². The van der Waals surface area contributed by atoms with E-state index < -0.39 is 0 Å². The van der Waals surface area contributed by atoms with Crippen LogP contribution in [-0.4, -0.2) is 69.8 Å². The Morgan fingerprint density at radius 1 is 1.15 bits per heavy atom. The molecule has 1 aromatic rings. The number of hydrogen-bond donors (Lipinski definition) is 2. The summed E-state index contributed by atoms with van der Waals surface area (Å²) in [7, 11) is 1.78. The van der Waals surface area contributed by atoms with Crippen molar-refractivity contribution < 1.29 is 9.53 Å². The number of hydrogen-bond acceptors (Lipinski definition) is 4. The lowest BCUT2D eigenvalue weighted by Crippen LogP contribution is -2.44. The predicted octanol–water partition coefficient (Wildman–Crippen LogP) is 0.811. The second-order valence-electron chi connectivity index (χ2n) is 6.62. The third-order valence-corrected chi connectivity index (χ3v) is 4.83. The zero-order valence-corrected chi connectivity index (χ0v) is 15.5. The number of nitrogens with one attached hydrogen (secondary N) is 2. The highest BCUT2D eigenvalue weighted by atomic mass is 16.5. The molecule has 1 aromatic carbocycles. The number of aliphatic imine (C=N–C) groups is 1. The van der Waals surface area contributed by atoms with Crippen LogP contribution in [0.25, 0.3) is 0 Å². The van der Waals surface area contributed by atoms with E-state index in [2.05, 4.69) is 32.7 Å². The highest BCUT2D eigenvalue weighted by Crippen LogP contribution is 2.21. The highest BCUT2D eigenvalue weighted by Gasteiger charge is 2.21. The molecule has 0 radical (unpaired) electrons. The van der Waals surface area contributed by atoms with Gasteiger partial charge in [0.1, 0.15) is 0 Å². The number of guanidine groups is 1. The van der Waals surface area contributed by atoms with Gasteiger partial charge in [-0.2, -0.15) is 0 Å². The van der Waals surface area contributed by atoms with E-state index in [4.69, 9.17) is 4.74 Å². The van der Waals surface area contributed by atoms with Crippen molar-refractivity contribution in [1.82, 2.24) is 15.5 Å². The van der Waals surface area contributed by atoms with Crippen LogP contribution in [0.1, 0.15) is 18.4 Å². The first-order valence-electron chi connectivity index (χ1n) is 9.40. The second kappa shape index (κ2) is 9.54. The monoisotopic (exact) mass is 359 g/mol. The van der Waals surface area contributed by atoms with Crippen LogP contribution in [0.3, 0.4) is 0 Å². The van der Waals surface area contributed by atoms with Gasteiger partial charge in [0.15, 0.2) is 5.96 Å². The van der Waals surface area contributed by atoms with Crippen LogP contribution in [0.2, 0.25) is 0 Å². The summed E-state index contributed by atoms with van der Waals surface area (Å²) in [4.78, 5) is 20.3.